The molecule has 0 saturated carbocycles. The highest BCUT2D eigenvalue weighted by Gasteiger charge is 2.17. The highest BCUT2D eigenvalue weighted by molar-refractivity contribution is 5.94. The van der Waals surface area contributed by atoms with Crippen LogP contribution in [0.25, 0.3) is 0 Å². The number of anilines is 1. The zero-order valence-corrected chi connectivity index (χ0v) is 11.0. The molecule has 1 aromatic carbocycles. The smallest absolute Gasteiger partial charge is 0.337 e. The van der Waals surface area contributed by atoms with Gasteiger partial charge in [-0.25, -0.2) is 9.18 Å². The molecule has 104 valence electrons. The summed E-state index contributed by atoms with van der Waals surface area (Å²) in [5, 5.41) is 12.2. The summed E-state index contributed by atoms with van der Waals surface area (Å²) in [6.07, 6.45) is 2.21. The lowest BCUT2D eigenvalue weighted by Gasteiger charge is -2.29. The molecule has 5 heteroatoms. The highest BCUT2D eigenvalue weighted by atomic mass is 19.1. The van der Waals surface area contributed by atoms with E-state index in [1.165, 1.54) is 12.1 Å². The summed E-state index contributed by atoms with van der Waals surface area (Å²) in [6, 6.07) is 3.83. The van der Waals surface area contributed by atoms with E-state index in [1.807, 2.05) is 0 Å². The minimum atomic E-state index is -1.11. The molecular weight excluding hydrogens is 247 g/mol. The number of aromatic carboxylic acids is 1. The Bertz CT molecular complexity index is 457. The fourth-order valence-corrected chi connectivity index (χ4v) is 2.37. The molecule has 0 radical (unpaired) electrons. The van der Waals surface area contributed by atoms with Crippen molar-refractivity contribution < 1.29 is 14.3 Å². The van der Waals surface area contributed by atoms with Crippen LogP contribution in [0.15, 0.2) is 18.2 Å². The summed E-state index contributed by atoms with van der Waals surface area (Å²) in [7, 11) is 2.10. The molecule has 2 N–H and O–H groups in total. The van der Waals surface area contributed by atoms with Crippen molar-refractivity contribution in [2.75, 3.05) is 32.0 Å². The van der Waals surface area contributed by atoms with Gasteiger partial charge in [-0.3, -0.25) is 0 Å². The number of carboxylic acid groups (broad SMARTS) is 1. The number of hydrogen-bond donors (Lipinski definition) is 2. The number of nitrogens with one attached hydrogen (secondary N) is 1. The number of piperidine rings is 1. The van der Waals surface area contributed by atoms with Gasteiger partial charge >= 0.3 is 5.97 Å². The minimum absolute atomic E-state index is 0.00655. The number of nitrogens with zero attached hydrogens (tertiary/aromatic N) is 1. The van der Waals surface area contributed by atoms with Crippen LogP contribution in [-0.4, -0.2) is 42.7 Å². The van der Waals surface area contributed by atoms with Crippen molar-refractivity contribution in [3.05, 3.63) is 29.6 Å². The Labute approximate surface area is 112 Å². The molecule has 2 rings (SSSR count). The van der Waals surface area contributed by atoms with Crippen LogP contribution < -0.4 is 5.32 Å². The van der Waals surface area contributed by atoms with Crippen molar-refractivity contribution in [3.8, 4) is 0 Å². The number of benzene rings is 1. The van der Waals surface area contributed by atoms with E-state index in [0.29, 0.717) is 11.6 Å². The molecule has 0 aromatic heterocycles. The molecule has 4 nitrogen and oxygen atoms in total. The van der Waals surface area contributed by atoms with Gasteiger partial charge in [0.2, 0.25) is 0 Å². The molecule has 0 spiro atoms. The standard InChI is InChI=1S/C14H19FN2O2/c1-17-6-4-10(5-7-17)9-16-13-3-2-11(15)8-12(13)14(18)19/h2-3,8,10,16H,4-7,9H2,1H3,(H,18,19). The Balaban J connectivity index is 1.97. The molecule has 1 saturated heterocycles. The van der Waals surface area contributed by atoms with Gasteiger partial charge in [0, 0.05) is 12.2 Å². The predicted octanol–water partition coefficient (Wildman–Crippen LogP) is 2.28. The van der Waals surface area contributed by atoms with Crippen molar-refractivity contribution in [3.63, 3.8) is 0 Å². The van der Waals surface area contributed by atoms with Crippen LogP contribution in [0.3, 0.4) is 0 Å². The summed E-state index contributed by atoms with van der Waals surface area (Å²) >= 11 is 0. The average Bonchev–Trinajstić information content (AvgIpc) is 2.39. The van der Waals surface area contributed by atoms with Crippen molar-refractivity contribution in [2.45, 2.75) is 12.8 Å². The number of hydrogen-bond acceptors (Lipinski definition) is 3. The van der Waals surface area contributed by atoms with Crippen molar-refractivity contribution in [2.24, 2.45) is 5.92 Å². The van der Waals surface area contributed by atoms with Gasteiger partial charge in [-0.15, -0.1) is 0 Å². The molecule has 0 amide bonds. The first-order valence-corrected chi connectivity index (χ1v) is 6.51. The lowest BCUT2D eigenvalue weighted by atomic mass is 9.97. The lowest BCUT2D eigenvalue weighted by molar-refractivity contribution is 0.0697. The molecule has 19 heavy (non-hydrogen) atoms. The summed E-state index contributed by atoms with van der Waals surface area (Å²) in [6.45, 7) is 2.88. The van der Waals surface area contributed by atoms with E-state index < -0.39 is 11.8 Å². The van der Waals surface area contributed by atoms with Crippen LogP contribution in [-0.2, 0) is 0 Å². The summed E-state index contributed by atoms with van der Waals surface area (Å²) in [4.78, 5) is 13.3. The predicted molar refractivity (Wildman–Crippen MR) is 72.1 cm³/mol. The lowest BCUT2D eigenvalue weighted by Crippen LogP contribution is -2.33. The monoisotopic (exact) mass is 266 g/mol. The second-order valence-electron chi connectivity index (χ2n) is 5.12. The molecule has 1 aliphatic rings. The first kappa shape index (κ1) is 13.8. The first-order chi connectivity index (χ1) is 9.06. The Morgan fingerprint density at radius 1 is 1.47 bits per heavy atom. The fraction of sp³-hybridized carbons (Fsp3) is 0.500. The summed E-state index contributed by atoms with van der Waals surface area (Å²) in [5.74, 6) is -1.09. The maximum absolute atomic E-state index is 13.0. The van der Waals surface area contributed by atoms with Gasteiger partial charge in [-0.05, 0) is 57.1 Å². The normalized spacial score (nSPS) is 17.4. The molecule has 0 bridgehead atoms. The van der Waals surface area contributed by atoms with Crippen molar-refractivity contribution >= 4 is 11.7 Å². The average molecular weight is 266 g/mol. The topological polar surface area (TPSA) is 52.6 Å². The quantitative estimate of drug-likeness (QED) is 0.878. The van der Waals surface area contributed by atoms with Gasteiger partial charge in [-0.1, -0.05) is 0 Å². The summed E-state index contributed by atoms with van der Waals surface area (Å²) < 4.78 is 13.0. The van der Waals surface area contributed by atoms with Gasteiger partial charge in [0.1, 0.15) is 5.82 Å². The third kappa shape index (κ3) is 3.67. The third-order valence-corrected chi connectivity index (χ3v) is 3.63. The zero-order chi connectivity index (χ0) is 13.8. The molecule has 1 fully saturated rings. The van der Waals surface area contributed by atoms with Crippen molar-refractivity contribution in [1.29, 1.82) is 0 Å². The Morgan fingerprint density at radius 2 is 2.16 bits per heavy atom. The van der Waals surface area contributed by atoms with Crippen LogP contribution in [0.4, 0.5) is 10.1 Å². The van der Waals surface area contributed by atoms with Crippen molar-refractivity contribution in [1.82, 2.24) is 4.90 Å². The molecule has 1 aromatic rings. The van der Waals surface area contributed by atoms with E-state index >= 15 is 0 Å². The van der Waals surface area contributed by atoms with E-state index in [9.17, 15) is 9.18 Å². The minimum Gasteiger partial charge on any atom is -0.478 e. The zero-order valence-electron chi connectivity index (χ0n) is 11.0. The molecule has 0 atom stereocenters. The van der Waals surface area contributed by atoms with Gasteiger partial charge in [-0.2, -0.15) is 0 Å². The van der Waals surface area contributed by atoms with Crippen LogP contribution in [0.2, 0.25) is 0 Å². The van der Waals surface area contributed by atoms with Crippen LogP contribution in [0.1, 0.15) is 23.2 Å². The van der Waals surface area contributed by atoms with Gasteiger partial charge in [0.15, 0.2) is 0 Å². The summed E-state index contributed by atoms with van der Waals surface area (Å²) in [5.41, 5.74) is 0.487. The number of rotatable bonds is 4. The van der Waals surface area contributed by atoms with E-state index in [0.717, 1.165) is 38.5 Å². The molecule has 0 aliphatic carbocycles. The van der Waals surface area contributed by atoms with E-state index in [4.69, 9.17) is 5.11 Å². The number of likely N-dealkylation sites (tertiary alicyclic amines) is 1. The third-order valence-electron chi connectivity index (χ3n) is 3.63. The molecule has 1 aliphatic heterocycles. The second-order valence-corrected chi connectivity index (χ2v) is 5.12. The van der Waals surface area contributed by atoms with Gasteiger partial charge in [0.25, 0.3) is 0 Å². The second kappa shape index (κ2) is 6.02. The molecular formula is C14H19FN2O2. The molecule has 0 unspecified atom stereocenters. The number of halogens is 1. The molecule has 1 heterocycles. The van der Waals surface area contributed by atoms with E-state index in [-0.39, 0.29) is 5.56 Å². The van der Waals surface area contributed by atoms with Crippen LogP contribution in [0, 0.1) is 11.7 Å². The maximum atomic E-state index is 13.0. The highest BCUT2D eigenvalue weighted by Crippen LogP contribution is 2.20. The van der Waals surface area contributed by atoms with Gasteiger partial charge in [0.05, 0.1) is 5.56 Å². The van der Waals surface area contributed by atoms with Crippen LogP contribution >= 0.6 is 0 Å². The first-order valence-electron chi connectivity index (χ1n) is 6.51. The fourth-order valence-electron chi connectivity index (χ4n) is 2.37. The Kier molecular flexibility index (Phi) is 4.37. The van der Waals surface area contributed by atoms with E-state index in [2.05, 4.69) is 17.3 Å². The Hall–Kier alpha value is -1.62. The largest absolute Gasteiger partial charge is 0.478 e. The van der Waals surface area contributed by atoms with E-state index in [1.54, 1.807) is 0 Å². The Morgan fingerprint density at radius 3 is 2.79 bits per heavy atom. The number of carboxylic acids is 1. The van der Waals surface area contributed by atoms with Gasteiger partial charge < -0.3 is 15.3 Å². The van der Waals surface area contributed by atoms with Crippen LogP contribution in [0.5, 0.6) is 0 Å². The maximum Gasteiger partial charge on any atom is 0.337 e. The SMILES string of the molecule is CN1CCC(CNc2ccc(F)cc2C(=O)O)CC1. The number of carbonyl (C=O) groups is 1.